The second kappa shape index (κ2) is 4.64. The number of hydrogen-bond acceptors (Lipinski definition) is 1. The van der Waals surface area contributed by atoms with Crippen molar-refractivity contribution in [3.8, 4) is 0 Å². The maximum atomic E-state index is 12.9. The summed E-state index contributed by atoms with van der Waals surface area (Å²) in [5.74, 6) is -0.292. The number of halogens is 4. The highest BCUT2D eigenvalue weighted by atomic mass is 19.4. The third-order valence-electron chi connectivity index (χ3n) is 2.98. The summed E-state index contributed by atoms with van der Waals surface area (Å²) < 4.78 is 48.9. The smallest absolute Gasteiger partial charge is 0.310 e. The van der Waals surface area contributed by atoms with Crippen molar-refractivity contribution < 1.29 is 17.6 Å². The molecule has 0 bridgehead atoms. The quantitative estimate of drug-likeness (QED) is 0.808. The number of alkyl halides is 3. The minimum Gasteiger partial charge on any atom is -0.310 e. The number of aryl methyl sites for hydroxylation is 1. The van der Waals surface area contributed by atoms with E-state index in [2.05, 4.69) is 5.32 Å². The fraction of sp³-hybridized carbons (Fsp3) is 0.500. The predicted octanol–water partition coefficient (Wildman–Crippen LogP) is 3.36. The topological polar surface area (TPSA) is 12.0 Å². The molecule has 1 nitrogen and oxygen atoms in total. The largest absolute Gasteiger partial charge is 0.390 e. The highest BCUT2D eigenvalue weighted by Crippen LogP contribution is 2.31. The molecular weight excluding hydrogens is 234 g/mol. The van der Waals surface area contributed by atoms with Gasteiger partial charge in [-0.15, -0.1) is 0 Å². The van der Waals surface area contributed by atoms with Gasteiger partial charge < -0.3 is 5.32 Å². The molecule has 1 N–H and O–H groups in total. The van der Waals surface area contributed by atoms with Crippen LogP contribution in [0.3, 0.4) is 0 Å². The Morgan fingerprint density at radius 1 is 1.29 bits per heavy atom. The minimum atomic E-state index is -4.13. The van der Waals surface area contributed by atoms with Crippen LogP contribution in [0.5, 0.6) is 0 Å². The Kier molecular flexibility index (Phi) is 3.38. The molecule has 1 aliphatic rings. The van der Waals surface area contributed by atoms with Crippen molar-refractivity contribution in [2.45, 2.75) is 31.5 Å². The Labute approximate surface area is 96.8 Å². The van der Waals surface area contributed by atoms with Gasteiger partial charge in [0.05, 0.1) is 6.42 Å². The van der Waals surface area contributed by atoms with Crippen LogP contribution < -0.4 is 5.32 Å². The van der Waals surface area contributed by atoms with Crippen molar-refractivity contribution in [2.24, 2.45) is 0 Å². The Balaban J connectivity index is 1.94. The Morgan fingerprint density at radius 3 is 2.76 bits per heavy atom. The van der Waals surface area contributed by atoms with Crippen LogP contribution in [0.15, 0.2) is 18.2 Å². The van der Waals surface area contributed by atoms with Crippen LogP contribution in [0.1, 0.15) is 30.0 Å². The van der Waals surface area contributed by atoms with Gasteiger partial charge in [0, 0.05) is 12.6 Å². The van der Waals surface area contributed by atoms with Gasteiger partial charge in [-0.1, -0.05) is 6.07 Å². The summed E-state index contributed by atoms with van der Waals surface area (Å²) in [4.78, 5) is 0. The SMILES string of the molecule is Fc1ccc2c(c1)CCC2NCCC(F)(F)F. The van der Waals surface area contributed by atoms with Crippen LogP contribution >= 0.6 is 0 Å². The van der Waals surface area contributed by atoms with Gasteiger partial charge in [-0.25, -0.2) is 4.39 Å². The zero-order chi connectivity index (χ0) is 12.5. The van der Waals surface area contributed by atoms with Crippen molar-refractivity contribution >= 4 is 0 Å². The molecule has 1 aromatic carbocycles. The molecule has 1 aromatic rings. The van der Waals surface area contributed by atoms with E-state index in [1.54, 1.807) is 6.07 Å². The molecule has 17 heavy (non-hydrogen) atoms. The lowest BCUT2D eigenvalue weighted by Gasteiger charge is -2.14. The number of rotatable bonds is 3. The summed E-state index contributed by atoms with van der Waals surface area (Å²) in [7, 11) is 0. The molecule has 5 heteroatoms. The van der Waals surface area contributed by atoms with E-state index in [1.807, 2.05) is 0 Å². The molecular formula is C12H13F4N. The van der Waals surface area contributed by atoms with Crippen LogP contribution in [0, 0.1) is 5.82 Å². The van der Waals surface area contributed by atoms with Crippen LogP contribution in [0.25, 0.3) is 0 Å². The molecule has 0 radical (unpaired) electrons. The summed E-state index contributed by atoms with van der Waals surface area (Å²) in [6.45, 7) is -0.0923. The number of hydrogen-bond donors (Lipinski definition) is 1. The van der Waals surface area contributed by atoms with Crippen LogP contribution in [-0.2, 0) is 6.42 Å². The van der Waals surface area contributed by atoms with E-state index in [-0.39, 0.29) is 18.4 Å². The molecule has 1 atom stereocenters. The molecule has 0 aliphatic heterocycles. The molecule has 0 spiro atoms. The second-order valence-electron chi connectivity index (χ2n) is 4.25. The summed E-state index contributed by atoms with van der Waals surface area (Å²) >= 11 is 0. The van der Waals surface area contributed by atoms with Crippen molar-refractivity contribution in [1.82, 2.24) is 5.32 Å². The molecule has 0 amide bonds. The van der Waals surface area contributed by atoms with Crippen LogP contribution in [0.4, 0.5) is 17.6 Å². The molecule has 0 aromatic heterocycles. The Morgan fingerprint density at radius 2 is 2.06 bits per heavy atom. The average Bonchev–Trinajstić information content (AvgIpc) is 2.59. The van der Waals surface area contributed by atoms with E-state index in [0.29, 0.717) is 0 Å². The number of benzene rings is 1. The first-order valence-corrected chi connectivity index (χ1v) is 5.54. The van der Waals surface area contributed by atoms with Gasteiger partial charge in [0.1, 0.15) is 5.82 Å². The fourth-order valence-corrected chi connectivity index (χ4v) is 2.19. The van der Waals surface area contributed by atoms with Crippen LogP contribution in [-0.4, -0.2) is 12.7 Å². The Bertz CT molecular complexity index is 400. The van der Waals surface area contributed by atoms with Crippen molar-refractivity contribution in [1.29, 1.82) is 0 Å². The van der Waals surface area contributed by atoms with Gasteiger partial charge >= 0.3 is 6.18 Å². The molecule has 1 unspecified atom stereocenters. The van der Waals surface area contributed by atoms with E-state index < -0.39 is 12.6 Å². The van der Waals surface area contributed by atoms with Gasteiger partial charge in [-0.3, -0.25) is 0 Å². The molecule has 0 saturated carbocycles. The Hall–Kier alpha value is -1.10. The third-order valence-corrected chi connectivity index (χ3v) is 2.98. The molecule has 0 fully saturated rings. The monoisotopic (exact) mass is 247 g/mol. The first-order chi connectivity index (χ1) is 7.96. The van der Waals surface area contributed by atoms with Gasteiger partial charge in [0.25, 0.3) is 0 Å². The summed E-state index contributed by atoms with van der Waals surface area (Å²) in [6.07, 6.45) is -3.51. The molecule has 2 rings (SSSR count). The molecule has 0 saturated heterocycles. The average molecular weight is 247 g/mol. The fourth-order valence-electron chi connectivity index (χ4n) is 2.19. The highest BCUT2D eigenvalue weighted by Gasteiger charge is 2.28. The van der Waals surface area contributed by atoms with E-state index in [9.17, 15) is 17.6 Å². The standard InChI is InChI=1S/C12H13F4N/c13-9-2-3-10-8(7-9)1-4-11(10)17-6-5-12(14,15)16/h2-3,7,11,17H,1,4-6H2. The first-order valence-electron chi connectivity index (χ1n) is 5.54. The lowest BCUT2D eigenvalue weighted by molar-refractivity contribution is -0.133. The molecule has 1 aliphatic carbocycles. The lowest BCUT2D eigenvalue weighted by atomic mass is 10.1. The van der Waals surface area contributed by atoms with Crippen LogP contribution in [0.2, 0.25) is 0 Å². The zero-order valence-corrected chi connectivity index (χ0v) is 9.15. The summed E-state index contributed by atoms with van der Waals surface area (Å²) in [5, 5.41) is 2.87. The summed E-state index contributed by atoms with van der Waals surface area (Å²) in [6, 6.07) is 4.39. The predicted molar refractivity (Wildman–Crippen MR) is 56.1 cm³/mol. The maximum Gasteiger partial charge on any atom is 0.390 e. The molecule has 0 heterocycles. The first kappa shape index (κ1) is 12.4. The highest BCUT2D eigenvalue weighted by molar-refractivity contribution is 5.34. The summed E-state index contributed by atoms with van der Waals surface area (Å²) in [5.41, 5.74) is 1.82. The van der Waals surface area contributed by atoms with E-state index in [4.69, 9.17) is 0 Å². The van der Waals surface area contributed by atoms with E-state index in [0.717, 1.165) is 24.0 Å². The van der Waals surface area contributed by atoms with Gasteiger partial charge in [0.2, 0.25) is 0 Å². The number of nitrogens with one attached hydrogen (secondary N) is 1. The molecule has 94 valence electrons. The lowest BCUT2D eigenvalue weighted by Crippen LogP contribution is -2.24. The van der Waals surface area contributed by atoms with Gasteiger partial charge in [-0.05, 0) is 36.1 Å². The third kappa shape index (κ3) is 3.19. The second-order valence-corrected chi connectivity index (χ2v) is 4.25. The maximum absolute atomic E-state index is 12.9. The minimum absolute atomic E-state index is 0.0760. The van der Waals surface area contributed by atoms with Gasteiger partial charge in [0.15, 0.2) is 0 Å². The van der Waals surface area contributed by atoms with Crippen molar-refractivity contribution in [3.63, 3.8) is 0 Å². The normalized spacial score (nSPS) is 19.4. The van der Waals surface area contributed by atoms with Crippen molar-refractivity contribution in [2.75, 3.05) is 6.54 Å². The van der Waals surface area contributed by atoms with Gasteiger partial charge in [-0.2, -0.15) is 13.2 Å². The zero-order valence-electron chi connectivity index (χ0n) is 9.15. The number of fused-ring (bicyclic) bond motifs is 1. The van der Waals surface area contributed by atoms with E-state index in [1.165, 1.54) is 12.1 Å². The van der Waals surface area contributed by atoms with Crippen molar-refractivity contribution in [3.05, 3.63) is 35.1 Å². The van der Waals surface area contributed by atoms with E-state index >= 15 is 0 Å².